The van der Waals surface area contributed by atoms with E-state index >= 15 is 0 Å². The third-order valence-corrected chi connectivity index (χ3v) is 3.59. The number of nitrogens with zero attached hydrogens (tertiary/aromatic N) is 3. The summed E-state index contributed by atoms with van der Waals surface area (Å²) in [6.45, 7) is 7.06. The van der Waals surface area contributed by atoms with E-state index in [1.165, 1.54) is 0 Å². The molecule has 22 heavy (non-hydrogen) atoms. The van der Waals surface area contributed by atoms with E-state index in [2.05, 4.69) is 39.8 Å². The van der Waals surface area contributed by atoms with Crippen molar-refractivity contribution in [3.05, 3.63) is 30.6 Å². The molecule has 0 atom stereocenters. The second kappa shape index (κ2) is 5.75. The van der Waals surface area contributed by atoms with Crippen LogP contribution >= 0.6 is 0 Å². The molecular weight excluding hydrogens is 276 g/mol. The van der Waals surface area contributed by atoms with Gasteiger partial charge in [-0.05, 0) is 12.0 Å². The van der Waals surface area contributed by atoms with Crippen LogP contribution in [0.4, 0.5) is 5.82 Å². The highest BCUT2D eigenvalue weighted by molar-refractivity contribution is 6.09. The lowest BCUT2D eigenvalue weighted by Gasteiger charge is -2.11. The highest BCUT2D eigenvalue weighted by atomic mass is 16.1. The predicted molar refractivity (Wildman–Crippen MR) is 88.8 cm³/mol. The molecule has 0 bridgehead atoms. The number of para-hydroxylation sites is 1. The zero-order chi connectivity index (χ0) is 15.7. The number of benzene rings is 1. The molecule has 114 valence electrons. The molecular formula is C17H20N4O. The molecule has 0 radical (unpaired) electrons. The van der Waals surface area contributed by atoms with Crippen LogP contribution in [0.25, 0.3) is 21.9 Å². The summed E-state index contributed by atoms with van der Waals surface area (Å²) in [6.07, 6.45) is 2.25. The van der Waals surface area contributed by atoms with E-state index in [1.54, 1.807) is 0 Å². The van der Waals surface area contributed by atoms with E-state index < -0.39 is 0 Å². The topological polar surface area (TPSA) is 59.8 Å². The first-order valence-corrected chi connectivity index (χ1v) is 7.63. The van der Waals surface area contributed by atoms with Crippen molar-refractivity contribution in [2.45, 2.75) is 33.7 Å². The van der Waals surface area contributed by atoms with Crippen LogP contribution < -0.4 is 5.32 Å². The Morgan fingerprint density at radius 3 is 2.82 bits per heavy atom. The molecule has 3 aromatic rings. The van der Waals surface area contributed by atoms with Crippen LogP contribution in [0.15, 0.2) is 30.6 Å². The monoisotopic (exact) mass is 296 g/mol. The molecule has 0 saturated carbocycles. The number of fused-ring (bicyclic) bond motifs is 3. The average molecular weight is 296 g/mol. The molecule has 0 aliphatic heterocycles. The Morgan fingerprint density at radius 1 is 1.32 bits per heavy atom. The molecule has 5 heteroatoms. The first-order valence-electron chi connectivity index (χ1n) is 7.63. The van der Waals surface area contributed by atoms with Gasteiger partial charge >= 0.3 is 0 Å². The van der Waals surface area contributed by atoms with Crippen LogP contribution in [0, 0.1) is 5.92 Å². The van der Waals surface area contributed by atoms with E-state index in [-0.39, 0.29) is 5.91 Å². The Hall–Kier alpha value is -2.43. The highest BCUT2D eigenvalue weighted by Crippen LogP contribution is 2.29. The minimum atomic E-state index is -0.0532. The molecule has 2 aromatic heterocycles. The first-order chi connectivity index (χ1) is 10.6. The third-order valence-electron chi connectivity index (χ3n) is 3.59. The molecule has 5 nitrogen and oxygen atoms in total. The second-order valence-corrected chi connectivity index (χ2v) is 5.87. The van der Waals surface area contributed by atoms with Crippen molar-refractivity contribution in [2.24, 2.45) is 5.92 Å². The van der Waals surface area contributed by atoms with Gasteiger partial charge < -0.3 is 9.88 Å². The molecule has 0 spiro atoms. The Balaban J connectivity index is 2.27. The lowest BCUT2D eigenvalue weighted by atomic mass is 10.1. The maximum absolute atomic E-state index is 11.8. The smallest absolute Gasteiger partial charge is 0.225 e. The van der Waals surface area contributed by atoms with Crippen LogP contribution in [-0.4, -0.2) is 20.4 Å². The maximum Gasteiger partial charge on any atom is 0.225 e. The summed E-state index contributed by atoms with van der Waals surface area (Å²) in [7, 11) is 0. The van der Waals surface area contributed by atoms with Crippen molar-refractivity contribution in [3.63, 3.8) is 0 Å². The Labute approximate surface area is 129 Å². The SMILES string of the molecule is CCC(=O)Nc1nc2ccccc2c2c1ncn2CC(C)C. The summed E-state index contributed by atoms with van der Waals surface area (Å²) in [6, 6.07) is 7.97. The zero-order valence-corrected chi connectivity index (χ0v) is 13.1. The van der Waals surface area contributed by atoms with Gasteiger partial charge in [-0.25, -0.2) is 9.97 Å². The summed E-state index contributed by atoms with van der Waals surface area (Å²) < 4.78 is 2.14. The molecule has 1 amide bonds. The van der Waals surface area contributed by atoms with Crippen molar-refractivity contribution in [1.82, 2.24) is 14.5 Å². The number of rotatable bonds is 4. The molecule has 3 rings (SSSR count). The van der Waals surface area contributed by atoms with Crippen LogP contribution in [-0.2, 0) is 11.3 Å². The van der Waals surface area contributed by atoms with Gasteiger partial charge in [0.15, 0.2) is 5.82 Å². The van der Waals surface area contributed by atoms with E-state index in [9.17, 15) is 4.79 Å². The molecule has 0 unspecified atom stereocenters. The molecule has 0 saturated heterocycles. The normalized spacial score (nSPS) is 11.5. The molecule has 0 aliphatic rings. The zero-order valence-electron chi connectivity index (χ0n) is 13.1. The lowest BCUT2D eigenvalue weighted by molar-refractivity contribution is -0.115. The molecule has 1 aromatic carbocycles. The summed E-state index contributed by atoms with van der Waals surface area (Å²) in [5.74, 6) is 1.00. The molecule has 0 aliphatic carbocycles. The quantitative estimate of drug-likeness (QED) is 0.800. The lowest BCUT2D eigenvalue weighted by Crippen LogP contribution is -2.11. The number of aromatic nitrogens is 3. The van der Waals surface area contributed by atoms with Gasteiger partial charge in [0, 0.05) is 18.4 Å². The van der Waals surface area contributed by atoms with E-state index in [0.717, 1.165) is 28.5 Å². The first kappa shape index (κ1) is 14.5. The third kappa shape index (κ3) is 2.54. The highest BCUT2D eigenvalue weighted by Gasteiger charge is 2.15. The van der Waals surface area contributed by atoms with Crippen molar-refractivity contribution >= 4 is 33.7 Å². The number of nitrogens with one attached hydrogen (secondary N) is 1. The number of carbonyl (C=O) groups is 1. The number of anilines is 1. The summed E-state index contributed by atoms with van der Waals surface area (Å²) in [4.78, 5) is 20.8. The van der Waals surface area contributed by atoms with Gasteiger partial charge in [-0.3, -0.25) is 4.79 Å². The fourth-order valence-electron chi connectivity index (χ4n) is 2.62. The van der Waals surface area contributed by atoms with E-state index in [4.69, 9.17) is 0 Å². The Bertz CT molecular complexity index is 835. The molecule has 1 N–H and O–H groups in total. The number of hydrogen-bond acceptors (Lipinski definition) is 3. The standard InChI is InChI=1S/C17H20N4O/c1-4-14(22)20-17-15-16(21(10-18-15)9-11(2)3)12-7-5-6-8-13(12)19-17/h5-8,10-11H,4,9H2,1-3H3,(H,19,20,22). The van der Waals surface area contributed by atoms with Crippen molar-refractivity contribution in [3.8, 4) is 0 Å². The van der Waals surface area contributed by atoms with Gasteiger partial charge in [-0.2, -0.15) is 0 Å². The fraction of sp³-hybridized carbons (Fsp3) is 0.353. The van der Waals surface area contributed by atoms with Gasteiger partial charge in [0.25, 0.3) is 0 Å². The van der Waals surface area contributed by atoms with Gasteiger partial charge in [-0.1, -0.05) is 39.0 Å². The summed E-state index contributed by atoms with van der Waals surface area (Å²) in [5, 5.41) is 3.93. The predicted octanol–water partition coefficient (Wildman–Crippen LogP) is 3.59. The molecule has 2 heterocycles. The fourth-order valence-corrected chi connectivity index (χ4v) is 2.62. The Morgan fingerprint density at radius 2 is 2.09 bits per heavy atom. The minimum Gasteiger partial charge on any atom is -0.330 e. The van der Waals surface area contributed by atoms with Crippen LogP contribution in [0.1, 0.15) is 27.2 Å². The van der Waals surface area contributed by atoms with Gasteiger partial charge in [0.2, 0.25) is 5.91 Å². The van der Waals surface area contributed by atoms with Gasteiger partial charge in [0.05, 0.1) is 17.4 Å². The second-order valence-electron chi connectivity index (χ2n) is 5.87. The van der Waals surface area contributed by atoms with E-state index in [1.807, 2.05) is 31.5 Å². The van der Waals surface area contributed by atoms with Crippen LogP contribution in [0.5, 0.6) is 0 Å². The number of carbonyl (C=O) groups excluding carboxylic acids is 1. The van der Waals surface area contributed by atoms with Crippen molar-refractivity contribution in [1.29, 1.82) is 0 Å². The summed E-state index contributed by atoms with van der Waals surface area (Å²) in [5.41, 5.74) is 2.65. The number of hydrogen-bond donors (Lipinski definition) is 1. The van der Waals surface area contributed by atoms with Crippen LogP contribution in [0.2, 0.25) is 0 Å². The number of pyridine rings is 1. The van der Waals surface area contributed by atoms with Crippen molar-refractivity contribution in [2.75, 3.05) is 5.32 Å². The number of amides is 1. The Kier molecular flexibility index (Phi) is 3.79. The number of imidazole rings is 1. The van der Waals surface area contributed by atoms with Crippen molar-refractivity contribution < 1.29 is 4.79 Å². The minimum absolute atomic E-state index is 0.0532. The van der Waals surface area contributed by atoms with Gasteiger partial charge in [-0.15, -0.1) is 0 Å². The molecule has 0 fully saturated rings. The maximum atomic E-state index is 11.8. The van der Waals surface area contributed by atoms with Crippen LogP contribution in [0.3, 0.4) is 0 Å². The largest absolute Gasteiger partial charge is 0.330 e. The van der Waals surface area contributed by atoms with E-state index in [0.29, 0.717) is 18.2 Å². The summed E-state index contributed by atoms with van der Waals surface area (Å²) >= 11 is 0. The average Bonchev–Trinajstić information content (AvgIpc) is 2.91. The van der Waals surface area contributed by atoms with Gasteiger partial charge in [0.1, 0.15) is 5.52 Å².